The van der Waals surface area contributed by atoms with E-state index in [1.807, 2.05) is 0 Å². The molecule has 0 saturated heterocycles. The Kier molecular flexibility index (Phi) is 3.22. The number of nitrogens with zero attached hydrogens (tertiary/aromatic N) is 2. The maximum absolute atomic E-state index is 6.04. The van der Waals surface area contributed by atoms with Crippen molar-refractivity contribution in [2.75, 3.05) is 13.6 Å². The molecule has 0 spiro atoms. The molecule has 1 aromatic carbocycles. The summed E-state index contributed by atoms with van der Waals surface area (Å²) >= 11 is 5.34. The summed E-state index contributed by atoms with van der Waals surface area (Å²) in [6.45, 7) is 6.12. The minimum atomic E-state index is 0.482. The van der Waals surface area contributed by atoms with Gasteiger partial charge in [0.25, 0.3) is 0 Å². The van der Waals surface area contributed by atoms with Crippen molar-refractivity contribution in [3.8, 4) is 0 Å². The summed E-state index contributed by atoms with van der Waals surface area (Å²) in [6.07, 6.45) is 0.963. The lowest BCUT2D eigenvalue weighted by atomic mass is 9.93. The molecule has 1 aromatic heterocycles. The maximum Gasteiger partial charge on any atom is 0.105 e. The van der Waals surface area contributed by atoms with Crippen LogP contribution < -0.4 is 5.73 Å². The molecule has 2 heterocycles. The molecule has 0 fully saturated rings. The fourth-order valence-electron chi connectivity index (χ4n) is 3.16. The highest BCUT2D eigenvalue weighted by molar-refractivity contribution is 7.80. The van der Waals surface area contributed by atoms with Gasteiger partial charge in [0.15, 0.2) is 0 Å². The van der Waals surface area contributed by atoms with Crippen LogP contribution in [0.2, 0.25) is 0 Å². The zero-order valence-corrected chi connectivity index (χ0v) is 13.0. The highest BCUT2D eigenvalue weighted by Gasteiger charge is 2.22. The second-order valence-electron chi connectivity index (χ2n) is 5.74. The molecule has 1 aliphatic heterocycles. The summed E-state index contributed by atoms with van der Waals surface area (Å²) in [7, 11) is 2.12. The predicted molar refractivity (Wildman–Crippen MR) is 87.1 cm³/mol. The van der Waals surface area contributed by atoms with Crippen LogP contribution in [0, 0.1) is 13.8 Å². The van der Waals surface area contributed by atoms with Gasteiger partial charge in [0.05, 0.1) is 5.52 Å². The highest BCUT2D eigenvalue weighted by Crippen LogP contribution is 2.30. The Balaban J connectivity index is 2.42. The van der Waals surface area contributed by atoms with Crippen LogP contribution in [0.4, 0.5) is 0 Å². The van der Waals surface area contributed by atoms with E-state index in [4.69, 9.17) is 22.9 Å². The molecule has 0 amide bonds. The fraction of sp³-hybridized carbons (Fsp3) is 0.375. The van der Waals surface area contributed by atoms with Crippen LogP contribution in [0.3, 0.4) is 0 Å². The summed E-state index contributed by atoms with van der Waals surface area (Å²) in [4.78, 5) is 7.65. The van der Waals surface area contributed by atoms with Crippen LogP contribution in [0.15, 0.2) is 12.1 Å². The Morgan fingerprint density at radius 3 is 2.80 bits per heavy atom. The quantitative estimate of drug-likeness (QED) is 0.817. The van der Waals surface area contributed by atoms with Gasteiger partial charge in [0.2, 0.25) is 0 Å². The molecule has 3 rings (SSSR count). The number of pyridine rings is 1. The van der Waals surface area contributed by atoms with Crippen LogP contribution in [-0.4, -0.2) is 28.5 Å². The van der Waals surface area contributed by atoms with Crippen molar-refractivity contribution >= 4 is 28.1 Å². The molecular formula is C16H19N3S. The molecule has 0 atom stereocenters. The number of rotatable bonds is 1. The first-order valence-corrected chi connectivity index (χ1v) is 7.29. The van der Waals surface area contributed by atoms with E-state index in [1.165, 1.54) is 16.7 Å². The lowest BCUT2D eigenvalue weighted by molar-refractivity contribution is 0.310. The van der Waals surface area contributed by atoms with Gasteiger partial charge in [0, 0.05) is 36.2 Å². The van der Waals surface area contributed by atoms with Crippen LogP contribution in [0.25, 0.3) is 10.9 Å². The van der Waals surface area contributed by atoms with Gasteiger partial charge >= 0.3 is 0 Å². The Hall–Kier alpha value is -1.52. The molecule has 0 unspecified atom stereocenters. The number of aryl methyl sites for hydroxylation is 2. The lowest BCUT2D eigenvalue weighted by Gasteiger charge is -2.27. The molecule has 2 N–H and O–H groups in total. The van der Waals surface area contributed by atoms with E-state index in [9.17, 15) is 0 Å². The number of aromatic nitrogens is 1. The van der Waals surface area contributed by atoms with Gasteiger partial charge in [-0.3, -0.25) is 4.98 Å². The summed E-state index contributed by atoms with van der Waals surface area (Å²) in [6, 6.07) is 4.30. The molecule has 0 saturated carbocycles. The van der Waals surface area contributed by atoms with Crippen molar-refractivity contribution in [1.29, 1.82) is 0 Å². The second kappa shape index (κ2) is 4.79. The van der Waals surface area contributed by atoms with Gasteiger partial charge in [0.1, 0.15) is 4.99 Å². The zero-order chi connectivity index (χ0) is 14.4. The van der Waals surface area contributed by atoms with Crippen LogP contribution in [-0.2, 0) is 13.0 Å². The van der Waals surface area contributed by atoms with E-state index in [0.29, 0.717) is 4.99 Å². The molecule has 2 aromatic rings. The normalized spacial score (nSPS) is 15.3. The standard InChI is InChI=1S/C16H19N3S/c1-9-6-10(2)14-13(7-9)18-12-4-5-19(3)8-11(12)15(14)16(17)20/h6-7H,4-5,8H2,1-3H3,(H2,17,20). The van der Waals surface area contributed by atoms with Gasteiger partial charge in [-0.1, -0.05) is 18.3 Å². The summed E-state index contributed by atoms with van der Waals surface area (Å²) in [5.74, 6) is 0. The minimum Gasteiger partial charge on any atom is -0.389 e. The molecule has 1 aliphatic rings. The van der Waals surface area contributed by atoms with Gasteiger partial charge < -0.3 is 10.6 Å². The summed E-state index contributed by atoms with van der Waals surface area (Å²) in [5, 5.41) is 1.12. The Morgan fingerprint density at radius 1 is 1.35 bits per heavy atom. The van der Waals surface area contributed by atoms with Crippen molar-refractivity contribution in [3.63, 3.8) is 0 Å². The SMILES string of the molecule is Cc1cc(C)c2c(C(N)=S)c3c(nc2c1)CCN(C)C3. The topological polar surface area (TPSA) is 42.1 Å². The van der Waals surface area contributed by atoms with Gasteiger partial charge in [-0.2, -0.15) is 0 Å². The van der Waals surface area contributed by atoms with Crippen LogP contribution >= 0.6 is 12.2 Å². The molecular weight excluding hydrogens is 266 g/mol. The molecule has 0 aliphatic carbocycles. The van der Waals surface area contributed by atoms with Crippen molar-refractivity contribution in [2.24, 2.45) is 5.73 Å². The largest absolute Gasteiger partial charge is 0.389 e. The van der Waals surface area contributed by atoms with Crippen molar-refractivity contribution in [2.45, 2.75) is 26.8 Å². The van der Waals surface area contributed by atoms with E-state index in [0.717, 1.165) is 41.7 Å². The Bertz CT molecular complexity index is 721. The number of nitrogens with two attached hydrogens (primary N) is 1. The van der Waals surface area contributed by atoms with Crippen LogP contribution in [0.5, 0.6) is 0 Å². The van der Waals surface area contributed by atoms with Crippen molar-refractivity contribution in [3.05, 3.63) is 40.1 Å². The fourth-order valence-corrected chi connectivity index (χ4v) is 3.39. The van der Waals surface area contributed by atoms with Crippen molar-refractivity contribution < 1.29 is 0 Å². The smallest absolute Gasteiger partial charge is 0.105 e. The van der Waals surface area contributed by atoms with Crippen molar-refractivity contribution in [1.82, 2.24) is 9.88 Å². The molecule has 104 valence electrons. The third-order valence-corrected chi connectivity index (χ3v) is 4.22. The Labute approximate surface area is 124 Å². The maximum atomic E-state index is 6.04. The van der Waals surface area contributed by atoms with Gasteiger partial charge in [-0.15, -0.1) is 0 Å². The summed E-state index contributed by atoms with van der Waals surface area (Å²) < 4.78 is 0. The van der Waals surface area contributed by atoms with E-state index in [2.05, 4.69) is 37.9 Å². The highest BCUT2D eigenvalue weighted by atomic mass is 32.1. The minimum absolute atomic E-state index is 0.482. The first-order chi connectivity index (χ1) is 9.47. The van der Waals surface area contributed by atoms with Crippen LogP contribution in [0.1, 0.15) is 27.9 Å². The monoisotopic (exact) mass is 285 g/mol. The molecule has 3 nitrogen and oxygen atoms in total. The molecule has 4 heteroatoms. The van der Waals surface area contributed by atoms with E-state index >= 15 is 0 Å². The second-order valence-corrected chi connectivity index (χ2v) is 6.18. The van der Waals surface area contributed by atoms with E-state index in [1.54, 1.807) is 0 Å². The Morgan fingerprint density at radius 2 is 2.10 bits per heavy atom. The van der Waals surface area contributed by atoms with Gasteiger partial charge in [-0.25, -0.2) is 0 Å². The number of fused-ring (bicyclic) bond motifs is 2. The van der Waals surface area contributed by atoms with E-state index < -0.39 is 0 Å². The predicted octanol–water partition coefficient (Wildman–Crippen LogP) is 2.47. The number of hydrogen-bond donors (Lipinski definition) is 1. The van der Waals surface area contributed by atoms with Gasteiger partial charge in [-0.05, 0) is 43.7 Å². The first kappa shape index (κ1) is 13.5. The third-order valence-electron chi connectivity index (χ3n) is 4.02. The van der Waals surface area contributed by atoms with E-state index in [-0.39, 0.29) is 0 Å². The zero-order valence-electron chi connectivity index (χ0n) is 12.2. The first-order valence-electron chi connectivity index (χ1n) is 6.88. The third kappa shape index (κ3) is 2.09. The molecule has 0 bridgehead atoms. The average molecular weight is 285 g/mol. The number of likely N-dealkylation sites (N-methyl/N-ethyl adjacent to an activating group) is 1. The number of thiocarbonyl (C=S) groups is 1. The molecule has 0 radical (unpaired) electrons. The number of hydrogen-bond acceptors (Lipinski definition) is 3. The average Bonchev–Trinajstić information content (AvgIpc) is 2.36. The lowest BCUT2D eigenvalue weighted by Crippen LogP contribution is -2.30. The number of benzene rings is 1. The summed E-state index contributed by atoms with van der Waals surface area (Å²) in [5.41, 5.74) is 12.9. The molecule has 20 heavy (non-hydrogen) atoms.